The summed E-state index contributed by atoms with van der Waals surface area (Å²) in [4.78, 5) is 30.7. The molecule has 1 fully saturated rings. The third-order valence-corrected chi connectivity index (χ3v) is 5.67. The Balaban J connectivity index is 1.46. The van der Waals surface area contributed by atoms with Gasteiger partial charge in [0.2, 0.25) is 5.91 Å². The monoisotopic (exact) mass is 421 g/mol. The van der Waals surface area contributed by atoms with Crippen LogP contribution in [0.15, 0.2) is 48.7 Å². The number of halogens is 1. The maximum absolute atomic E-state index is 12.7. The van der Waals surface area contributed by atoms with Gasteiger partial charge in [-0.15, -0.1) is 0 Å². The van der Waals surface area contributed by atoms with Crippen molar-refractivity contribution < 1.29 is 4.79 Å². The minimum Gasteiger partial charge on any atom is -0.353 e. The normalized spacial score (nSPS) is 14.1. The molecule has 4 rings (SSSR count). The van der Waals surface area contributed by atoms with Crippen molar-refractivity contribution >= 4 is 23.3 Å². The molecule has 0 aliphatic carbocycles. The number of piperazine rings is 1. The van der Waals surface area contributed by atoms with Crippen molar-refractivity contribution in [3.8, 4) is 11.5 Å². The first-order valence-corrected chi connectivity index (χ1v) is 10.4. The Morgan fingerprint density at radius 1 is 1.03 bits per heavy atom. The topological polar surface area (TPSA) is 62.2 Å². The van der Waals surface area contributed by atoms with E-state index in [4.69, 9.17) is 16.6 Å². The fourth-order valence-corrected chi connectivity index (χ4v) is 3.85. The zero-order chi connectivity index (χ0) is 21.1. The van der Waals surface area contributed by atoms with Gasteiger partial charge in [-0.1, -0.05) is 29.8 Å². The van der Waals surface area contributed by atoms with E-state index in [1.54, 1.807) is 6.20 Å². The van der Waals surface area contributed by atoms with Crippen LogP contribution in [0.2, 0.25) is 5.02 Å². The van der Waals surface area contributed by atoms with Crippen molar-refractivity contribution in [2.75, 3.05) is 31.1 Å². The van der Waals surface area contributed by atoms with Gasteiger partial charge in [-0.2, -0.15) is 0 Å². The molecule has 7 heteroatoms. The van der Waals surface area contributed by atoms with Gasteiger partial charge in [0.25, 0.3) is 0 Å². The van der Waals surface area contributed by atoms with Crippen LogP contribution in [0.1, 0.15) is 16.8 Å². The van der Waals surface area contributed by atoms with Gasteiger partial charge in [0.1, 0.15) is 11.5 Å². The van der Waals surface area contributed by atoms with E-state index in [0.717, 1.165) is 41.4 Å². The van der Waals surface area contributed by atoms with E-state index in [0.29, 0.717) is 30.4 Å². The maximum Gasteiger partial charge on any atom is 0.227 e. The number of nitrogens with zero attached hydrogens (tertiary/aromatic N) is 5. The molecule has 3 heterocycles. The number of anilines is 1. The summed E-state index contributed by atoms with van der Waals surface area (Å²) in [5.74, 6) is 1.68. The van der Waals surface area contributed by atoms with E-state index in [2.05, 4.69) is 14.9 Å². The number of amides is 1. The zero-order valence-electron chi connectivity index (χ0n) is 17.2. The highest BCUT2D eigenvalue weighted by Crippen LogP contribution is 2.24. The maximum atomic E-state index is 12.7. The fourth-order valence-electron chi connectivity index (χ4n) is 3.63. The van der Waals surface area contributed by atoms with Crippen LogP contribution in [0, 0.1) is 13.8 Å². The van der Waals surface area contributed by atoms with Gasteiger partial charge < -0.3 is 9.80 Å². The molecule has 0 atom stereocenters. The molecular weight excluding hydrogens is 398 g/mol. The molecule has 2 aromatic heterocycles. The lowest BCUT2D eigenvalue weighted by Gasteiger charge is -2.36. The Hall–Kier alpha value is -2.99. The van der Waals surface area contributed by atoms with Crippen LogP contribution in [0.25, 0.3) is 11.5 Å². The van der Waals surface area contributed by atoms with Crippen molar-refractivity contribution in [2.24, 2.45) is 0 Å². The molecule has 0 N–H and O–H groups in total. The van der Waals surface area contributed by atoms with Gasteiger partial charge in [-0.25, -0.2) is 9.97 Å². The largest absolute Gasteiger partial charge is 0.353 e. The number of aromatic nitrogens is 3. The second-order valence-corrected chi connectivity index (χ2v) is 7.91. The number of pyridine rings is 1. The molecule has 0 bridgehead atoms. The van der Waals surface area contributed by atoms with E-state index in [-0.39, 0.29) is 5.91 Å². The Labute approximate surface area is 181 Å². The first-order chi connectivity index (χ1) is 14.5. The summed E-state index contributed by atoms with van der Waals surface area (Å²) in [6.07, 6.45) is 2.12. The van der Waals surface area contributed by atoms with Crippen LogP contribution in [0.4, 0.5) is 5.82 Å². The molecule has 0 spiro atoms. The highest BCUT2D eigenvalue weighted by Gasteiger charge is 2.24. The lowest BCUT2D eigenvalue weighted by Crippen LogP contribution is -2.49. The van der Waals surface area contributed by atoms with Crippen molar-refractivity contribution in [1.82, 2.24) is 19.9 Å². The predicted octanol–water partition coefficient (Wildman–Crippen LogP) is 3.70. The summed E-state index contributed by atoms with van der Waals surface area (Å²) >= 11 is 6.04. The Bertz CT molecular complexity index is 1050. The summed E-state index contributed by atoms with van der Waals surface area (Å²) in [5.41, 5.74) is 3.71. The fraction of sp³-hybridized carbons (Fsp3) is 0.304. The lowest BCUT2D eigenvalue weighted by atomic mass is 10.1. The van der Waals surface area contributed by atoms with Crippen molar-refractivity contribution in [2.45, 2.75) is 20.3 Å². The molecule has 0 radical (unpaired) electrons. The standard InChI is InChI=1S/C23H24ClN5O/c1-16-17(2)26-22(20-8-3-4-9-25-20)27-23(16)29-12-10-28(11-13-29)21(30)15-18-6-5-7-19(24)14-18/h3-9,14H,10-13,15H2,1-2H3. The van der Waals surface area contributed by atoms with Crippen molar-refractivity contribution in [3.63, 3.8) is 0 Å². The lowest BCUT2D eigenvalue weighted by molar-refractivity contribution is -0.130. The summed E-state index contributed by atoms with van der Waals surface area (Å²) in [6.45, 7) is 6.85. The Morgan fingerprint density at radius 2 is 1.83 bits per heavy atom. The molecule has 0 saturated carbocycles. The van der Waals surface area contributed by atoms with Crippen LogP contribution < -0.4 is 4.90 Å². The van der Waals surface area contributed by atoms with Crippen molar-refractivity contribution in [3.05, 3.63) is 70.5 Å². The number of carbonyl (C=O) groups is 1. The number of carbonyl (C=O) groups excluding carboxylic acids is 1. The minimum absolute atomic E-state index is 0.127. The quantitative estimate of drug-likeness (QED) is 0.642. The van der Waals surface area contributed by atoms with E-state index in [1.807, 2.05) is 61.2 Å². The molecule has 1 aliphatic rings. The predicted molar refractivity (Wildman–Crippen MR) is 119 cm³/mol. The molecule has 154 valence electrons. The smallest absolute Gasteiger partial charge is 0.227 e. The van der Waals surface area contributed by atoms with Gasteiger partial charge in [0.15, 0.2) is 5.82 Å². The third kappa shape index (κ3) is 4.44. The number of aryl methyl sites for hydroxylation is 1. The van der Waals surface area contributed by atoms with E-state index in [9.17, 15) is 4.79 Å². The number of rotatable bonds is 4. The van der Waals surface area contributed by atoms with E-state index >= 15 is 0 Å². The molecule has 1 aliphatic heterocycles. The molecule has 30 heavy (non-hydrogen) atoms. The minimum atomic E-state index is 0.127. The molecule has 0 unspecified atom stereocenters. The summed E-state index contributed by atoms with van der Waals surface area (Å²) < 4.78 is 0. The molecular formula is C23H24ClN5O. The highest BCUT2D eigenvalue weighted by molar-refractivity contribution is 6.30. The number of hydrogen-bond donors (Lipinski definition) is 0. The number of benzene rings is 1. The van der Waals surface area contributed by atoms with Gasteiger partial charge >= 0.3 is 0 Å². The summed E-state index contributed by atoms with van der Waals surface area (Å²) in [6, 6.07) is 13.2. The van der Waals surface area contributed by atoms with Crippen LogP contribution in [-0.2, 0) is 11.2 Å². The first-order valence-electron chi connectivity index (χ1n) is 10.0. The highest BCUT2D eigenvalue weighted by atomic mass is 35.5. The third-order valence-electron chi connectivity index (χ3n) is 5.43. The van der Waals surface area contributed by atoms with Gasteiger partial charge in [0.05, 0.1) is 6.42 Å². The average molecular weight is 422 g/mol. The molecule has 1 aromatic carbocycles. The second kappa shape index (κ2) is 8.79. The van der Waals surface area contributed by atoms with Crippen LogP contribution in [0.3, 0.4) is 0 Å². The Kier molecular flexibility index (Phi) is 5.95. The molecule has 1 saturated heterocycles. The summed E-state index contributed by atoms with van der Waals surface area (Å²) in [7, 11) is 0. The zero-order valence-corrected chi connectivity index (χ0v) is 17.9. The SMILES string of the molecule is Cc1nc(-c2ccccn2)nc(N2CCN(C(=O)Cc3cccc(Cl)c3)CC2)c1C. The Morgan fingerprint density at radius 3 is 2.53 bits per heavy atom. The molecule has 6 nitrogen and oxygen atoms in total. The van der Waals surface area contributed by atoms with Crippen LogP contribution in [-0.4, -0.2) is 51.9 Å². The molecule has 3 aromatic rings. The van der Waals surface area contributed by atoms with Crippen LogP contribution >= 0.6 is 11.6 Å². The van der Waals surface area contributed by atoms with Gasteiger partial charge in [-0.05, 0) is 43.7 Å². The van der Waals surface area contributed by atoms with E-state index in [1.165, 1.54) is 0 Å². The molecule has 1 amide bonds. The second-order valence-electron chi connectivity index (χ2n) is 7.47. The van der Waals surface area contributed by atoms with Crippen molar-refractivity contribution in [1.29, 1.82) is 0 Å². The first kappa shape index (κ1) is 20.3. The van der Waals surface area contributed by atoms with Gasteiger partial charge in [0, 0.05) is 48.7 Å². The summed E-state index contributed by atoms with van der Waals surface area (Å²) in [5, 5.41) is 0.656. The van der Waals surface area contributed by atoms with Gasteiger partial charge in [-0.3, -0.25) is 9.78 Å². The average Bonchev–Trinajstić information content (AvgIpc) is 2.76. The van der Waals surface area contributed by atoms with E-state index < -0.39 is 0 Å². The number of hydrogen-bond acceptors (Lipinski definition) is 5. The van der Waals surface area contributed by atoms with Crippen LogP contribution in [0.5, 0.6) is 0 Å².